The van der Waals surface area contributed by atoms with Crippen LogP contribution in [0.25, 0.3) is 0 Å². The molecule has 0 aliphatic rings. The Hall–Kier alpha value is -1.06. The van der Waals surface area contributed by atoms with Gasteiger partial charge in [-0.1, -0.05) is 13.8 Å². The molecule has 0 aromatic heterocycles. The summed E-state index contributed by atoms with van der Waals surface area (Å²) in [6.45, 7) is 7.64. The smallest absolute Gasteiger partial charge is 0.224 e. The molecular formula is C11H24N2O2. The van der Waals surface area contributed by atoms with Gasteiger partial charge in [-0.25, -0.2) is 0 Å². The van der Waals surface area contributed by atoms with Gasteiger partial charge >= 0.3 is 0 Å². The first-order valence-electron chi connectivity index (χ1n) is 5.64. The summed E-state index contributed by atoms with van der Waals surface area (Å²) in [6.07, 6.45) is 2.36. The van der Waals surface area contributed by atoms with Crippen molar-refractivity contribution >= 4 is 11.8 Å². The van der Waals surface area contributed by atoms with Crippen molar-refractivity contribution in [3.8, 4) is 0 Å². The summed E-state index contributed by atoms with van der Waals surface area (Å²) in [5, 5.41) is 2.63. The number of nitrogens with zero attached hydrogens (tertiary/aromatic N) is 1. The van der Waals surface area contributed by atoms with Gasteiger partial charge in [0.05, 0.1) is 0 Å². The SMILES string of the molecule is CCCN(CCC)C(=O)CCNC(C)=O.[HH]. The first-order chi connectivity index (χ1) is 7.11. The number of rotatable bonds is 7. The lowest BCUT2D eigenvalue weighted by atomic mass is 10.3. The van der Waals surface area contributed by atoms with Crippen LogP contribution in [0.2, 0.25) is 0 Å². The second-order valence-corrected chi connectivity index (χ2v) is 3.61. The predicted octanol–water partition coefficient (Wildman–Crippen LogP) is 1.41. The van der Waals surface area contributed by atoms with Gasteiger partial charge in [0.15, 0.2) is 0 Å². The van der Waals surface area contributed by atoms with Crippen molar-refractivity contribution in [3.63, 3.8) is 0 Å². The molecule has 15 heavy (non-hydrogen) atoms. The molecule has 0 bridgehead atoms. The van der Waals surface area contributed by atoms with E-state index in [2.05, 4.69) is 19.2 Å². The number of carbonyl (C=O) groups is 2. The van der Waals surface area contributed by atoms with Gasteiger partial charge in [0.25, 0.3) is 0 Å². The average molecular weight is 216 g/mol. The molecule has 0 saturated carbocycles. The van der Waals surface area contributed by atoms with Crippen LogP contribution >= 0.6 is 0 Å². The Morgan fingerprint density at radius 1 is 1.20 bits per heavy atom. The number of amides is 2. The molecule has 0 aliphatic heterocycles. The van der Waals surface area contributed by atoms with E-state index in [1.807, 2.05) is 4.90 Å². The van der Waals surface area contributed by atoms with E-state index in [0.29, 0.717) is 13.0 Å². The summed E-state index contributed by atoms with van der Waals surface area (Å²) < 4.78 is 0. The van der Waals surface area contributed by atoms with Gasteiger partial charge in [-0.2, -0.15) is 0 Å². The van der Waals surface area contributed by atoms with Crippen molar-refractivity contribution in [2.45, 2.75) is 40.0 Å². The van der Waals surface area contributed by atoms with Crippen LogP contribution in [0.5, 0.6) is 0 Å². The van der Waals surface area contributed by atoms with E-state index < -0.39 is 0 Å². The zero-order chi connectivity index (χ0) is 11.7. The molecule has 0 saturated heterocycles. The number of hydrogen-bond donors (Lipinski definition) is 1. The van der Waals surface area contributed by atoms with Crippen molar-refractivity contribution in [3.05, 3.63) is 0 Å². The standard InChI is InChI=1S/C11H22N2O2.H2/c1-4-8-13(9-5-2)11(15)6-7-12-10(3)14;/h4-9H2,1-3H3,(H,12,14);1H. The third-order valence-corrected chi connectivity index (χ3v) is 2.05. The third kappa shape index (κ3) is 6.94. The first kappa shape index (κ1) is 13.9. The number of nitrogens with one attached hydrogen (secondary N) is 1. The van der Waals surface area contributed by atoms with E-state index in [4.69, 9.17) is 0 Å². The summed E-state index contributed by atoms with van der Waals surface area (Å²) in [7, 11) is 0. The van der Waals surface area contributed by atoms with Crippen molar-refractivity contribution in [1.29, 1.82) is 0 Å². The Morgan fingerprint density at radius 3 is 2.13 bits per heavy atom. The maximum atomic E-state index is 11.7. The summed E-state index contributed by atoms with van der Waals surface area (Å²) in [5.41, 5.74) is 0. The molecule has 0 aliphatic carbocycles. The molecule has 90 valence electrons. The number of hydrogen-bond acceptors (Lipinski definition) is 2. The van der Waals surface area contributed by atoms with Crippen LogP contribution in [0.1, 0.15) is 41.5 Å². The Balaban J connectivity index is 0. The predicted molar refractivity (Wildman–Crippen MR) is 62.6 cm³/mol. The number of carbonyl (C=O) groups excluding carboxylic acids is 2. The highest BCUT2D eigenvalue weighted by Gasteiger charge is 2.10. The first-order valence-corrected chi connectivity index (χ1v) is 5.64. The molecule has 0 fully saturated rings. The quantitative estimate of drug-likeness (QED) is 0.699. The lowest BCUT2D eigenvalue weighted by molar-refractivity contribution is -0.131. The Kier molecular flexibility index (Phi) is 7.68. The van der Waals surface area contributed by atoms with Gasteiger partial charge in [0, 0.05) is 34.4 Å². The van der Waals surface area contributed by atoms with Gasteiger partial charge < -0.3 is 10.2 Å². The molecular weight excluding hydrogens is 192 g/mol. The minimum absolute atomic E-state index is 0. The normalized spacial score (nSPS) is 9.80. The summed E-state index contributed by atoms with van der Waals surface area (Å²) in [5.74, 6) is 0.0489. The van der Waals surface area contributed by atoms with Crippen molar-refractivity contribution < 1.29 is 11.0 Å². The van der Waals surface area contributed by atoms with Gasteiger partial charge in [-0.3, -0.25) is 9.59 Å². The molecule has 4 heteroatoms. The fraction of sp³-hybridized carbons (Fsp3) is 0.818. The van der Waals surface area contributed by atoms with Crippen molar-refractivity contribution in [2.24, 2.45) is 0 Å². The molecule has 0 unspecified atom stereocenters. The van der Waals surface area contributed by atoms with E-state index in [9.17, 15) is 9.59 Å². The van der Waals surface area contributed by atoms with Crippen LogP contribution in [0.15, 0.2) is 0 Å². The Morgan fingerprint density at radius 2 is 1.73 bits per heavy atom. The van der Waals surface area contributed by atoms with Crippen LogP contribution in [0, 0.1) is 0 Å². The largest absolute Gasteiger partial charge is 0.356 e. The highest BCUT2D eigenvalue weighted by atomic mass is 16.2. The molecule has 0 heterocycles. The van der Waals surface area contributed by atoms with Crippen molar-refractivity contribution in [2.75, 3.05) is 19.6 Å². The van der Waals surface area contributed by atoms with E-state index in [1.165, 1.54) is 6.92 Å². The van der Waals surface area contributed by atoms with E-state index >= 15 is 0 Å². The minimum atomic E-state index is -0.0830. The van der Waals surface area contributed by atoms with E-state index in [0.717, 1.165) is 25.9 Å². The highest BCUT2D eigenvalue weighted by molar-refractivity contribution is 5.78. The molecule has 0 aromatic carbocycles. The summed E-state index contributed by atoms with van der Waals surface area (Å²) in [6, 6.07) is 0. The molecule has 0 radical (unpaired) electrons. The Labute approximate surface area is 93.5 Å². The van der Waals surface area contributed by atoms with Gasteiger partial charge in [-0.05, 0) is 12.8 Å². The fourth-order valence-corrected chi connectivity index (χ4v) is 1.40. The zero-order valence-electron chi connectivity index (χ0n) is 10.0. The Bertz CT molecular complexity index is 204. The van der Waals surface area contributed by atoms with E-state index in [1.54, 1.807) is 0 Å². The summed E-state index contributed by atoms with van der Waals surface area (Å²) >= 11 is 0. The van der Waals surface area contributed by atoms with Crippen LogP contribution in [0.4, 0.5) is 0 Å². The monoisotopic (exact) mass is 216 g/mol. The highest BCUT2D eigenvalue weighted by Crippen LogP contribution is 1.97. The summed E-state index contributed by atoms with van der Waals surface area (Å²) in [4.78, 5) is 24.2. The molecule has 4 nitrogen and oxygen atoms in total. The zero-order valence-corrected chi connectivity index (χ0v) is 10.0. The van der Waals surface area contributed by atoms with Crippen LogP contribution in [-0.4, -0.2) is 36.3 Å². The van der Waals surface area contributed by atoms with Gasteiger partial charge in [0.2, 0.25) is 11.8 Å². The lowest BCUT2D eigenvalue weighted by Gasteiger charge is -2.21. The van der Waals surface area contributed by atoms with Gasteiger partial charge in [0.1, 0.15) is 0 Å². The molecule has 0 spiro atoms. The van der Waals surface area contributed by atoms with Gasteiger partial charge in [-0.15, -0.1) is 0 Å². The van der Waals surface area contributed by atoms with E-state index in [-0.39, 0.29) is 13.2 Å². The molecule has 0 atom stereocenters. The van der Waals surface area contributed by atoms with Crippen LogP contribution in [0.3, 0.4) is 0 Å². The molecule has 2 amide bonds. The fourth-order valence-electron chi connectivity index (χ4n) is 1.40. The second kappa shape index (κ2) is 8.26. The van der Waals surface area contributed by atoms with Crippen LogP contribution in [-0.2, 0) is 9.59 Å². The lowest BCUT2D eigenvalue weighted by Crippen LogP contribution is -2.35. The maximum absolute atomic E-state index is 11.7. The maximum Gasteiger partial charge on any atom is 0.224 e. The van der Waals surface area contributed by atoms with Crippen LogP contribution < -0.4 is 5.32 Å². The molecule has 0 aromatic rings. The minimum Gasteiger partial charge on any atom is -0.356 e. The second-order valence-electron chi connectivity index (χ2n) is 3.61. The molecule has 0 rings (SSSR count). The molecule has 1 N–H and O–H groups in total. The third-order valence-electron chi connectivity index (χ3n) is 2.05. The average Bonchev–Trinajstić information content (AvgIpc) is 2.16. The topological polar surface area (TPSA) is 49.4 Å². The van der Waals surface area contributed by atoms with Crippen molar-refractivity contribution in [1.82, 2.24) is 10.2 Å².